The van der Waals surface area contributed by atoms with Gasteiger partial charge in [-0.25, -0.2) is 4.79 Å². The van der Waals surface area contributed by atoms with E-state index in [-0.39, 0.29) is 38.2 Å². The number of carboxylic acid groups (broad SMARTS) is 1. The molecule has 2 atom stereocenters. The monoisotopic (exact) mass is 1350 g/mol. The Hall–Kier alpha value is -2.75. The van der Waals surface area contributed by atoms with Gasteiger partial charge in [0, 0.05) is 12.8 Å². The Balaban J connectivity index is 3.91. The maximum absolute atomic E-state index is 13.0. The number of unbranched alkanes of at least 4 members (excludes halogenated alkanes) is 57. The Kier molecular flexibility index (Phi) is 75.7. The number of carboxylic acids is 1. The van der Waals surface area contributed by atoms with E-state index in [0.717, 1.165) is 64.2 Å². The van der Waals surface area contributed by atoms with Gasteiger partial charge in [-0.2, -0.15) is 0 Å². The average Bonchev–Trinajstić information content (AvgIpc) is 2.59. The number of rotatable bonds is 80. The largest absolute Gasteiger partial charge is 0.477 e. The minimum atomic E-state index is -1.51. The van der Waals surface area contributed by atoms with Crippen molar-refractivity contribution in [3.05, 3.63) is 48.6 Å². The van der Waals surface area contributed by atoms with Crippen LogP contribution >= 0.6 is 0 Å². The number of esters is 2. The van der Waals surface area contributed by atoms with Crippen molar-refractivity contribution in [2.24, 2.45) is 0 Å². The summed E-state index contributed by atoms with van der Waals surface area (Å²) in [7, 11) is 6.00. The van der Waals surface area contributed by atoms with Gasteiger partial charge < -0.3 is 28.5 Å². The molecule has 0 saturated carbocycles. The highest BCUT2D eigenvalue weighted by Gasteiger charge is 2.25. The van der Waals surface area contributed by atoms with Crippen LogP contribution < -0.4 is 0 Å². The van der Waals surface area contributed by atoms with Crippen LogP contribution in [0.4, 0.5) is 0 Å². The van der Waals surface area contributed by atoms with Gasteiger partial charge in [0.1, 0.15) is 13.2 Å². The van der Waals surface area contributed by atoms with Crippen molar-refractivity contribution in [2.45, 2.75) is 444 Å². The summed E-state index contributed by atoms with van der Waals surface area (Å²) >= 11 is 0. The molecule has 0 aromatic heterocycles. The first-order valence-electron chi connectivity index (χ1n) is 42.3. The van der Waals surface area contributed by atoms with E-state index in [1.165, 1.54) is 340 Å². The zero-order valence-corrected chi connectivity index (χ0v) is 64.8. The lowest BCUT2D eigenvalue weighted by Crippen LogP contribution is -2.40. The quantitative estimate of drug-likeness (QED) is 0.0211. The van der Waals surface area contributed by atoms with Crippen LogP contribution in [0.25, 0.3) is 0 Å². The topological polar surface area (TPSA) is 108 Å². The minimum absolute atomic E-state index is 0.174. The van der Waals surface area contributed by atoms with Crippen LogP contribution in [0.15, 0.2) is 48.6 Å². The second-order valence-electron chi connectivity index (χ2n) is 30.1. The lowest BCUT2D eigenvalue weighted by molar-refractivity contribution is -0.870. The first-order chi connectivity index (χ1) is 47.1. The molecule has 9 heteroatoms. The predicted octanol–water partition coefficient (Wildman–Crippen LogP) is 27.2. The third-order valence-electron chi connectivity index (χ3n) is 19.3. The molecule has 0 bridgehead atoms. The molecule has 0 spiro atoms. The molecule has 0 heterocycles. The van der Waals surface area contributed by atoms with Gasteiger partial charge in [0.2, 0.25) is 0 Å². The smallest absolute Gasteiger partial charge is 0.361 e. The predicted molar refractivity (Wildman–Crippen MR) is 415 cm³/mol. The Morgan fingerprint density at radius 2 is 0.594 bits per heavy atom. The number of aliphatic carboxylic acids is 1. The van der Waals surface area contributed by atoms with Crippen LogP contribution in [0.1, 0.15) is 431 Å². The number of allylic oxidation sites excluding steroid dienone is 8. The normalized spacial score (nSPS) is 12.8. The van der Waals surface area contributed by atoms with Crippen molar-refractivity contribution in [1.82, 2.24) is 0 Å². The molecule has 0 aromatic carbocycles. The van der Waals surface area contributed by atoms with Gasteiger partial charge in [-0.1, -0.05) is 416 Å². The van der Waals surface area contributed by atoms with Crippen molar-refractivity contribution < 1.29 is 42.9 Å². The van der Waals surface area contributed by atoms with Crippen LogP contribution in [0.5, 0.6) is 0 Å². The molecular formula is C87H164NO8+. The maximum Gasteiger partial charge on any atom is 0.361 e. The van der Waals surface area contributed by atoms with Crippen LogP contribution in [-0.4, -0.2) is 87.4 Å². The van der Waals surface area contributed by atoms with Gasteiger partial charge in [0.15, 0.2) is 6.10 Å². The molecule has 0 aliphatic rings. The Bertz CT molecular complexity index is 1720. The van der Waals surface area contributed by atoms with Gasteiger partial charge in [-0.3, -0.25) is 9.59 Å². The molecule has 0 radical (unpaired) electrons. The molecule has 9 nitrogen and oxygen atoms in total. The highest BCUT2D eigenvalue weighted by molar-refractivity contribution is 5.71. The van der Waals surface area contributed by atoms with Crippen molar-refractivity contribution >= 4 is 17.9 Å². The molecule has 0 aliphatic carbocycles. The van der Waals surface area contributed by atoms with Crippen LogP contribution in [0.3, 0.4) is 0 Å². The van der Waals surface area contributed by atoms with Gasteiger partial charge >= 0.3 is 17.9 Å². The molecule has 96 heavy (non-hydrogen) atoms. The van der Waals surface area contributed by atoms with E-state index in [2.05, 4.69) is 62.5 Å². The number of carbonyl (C=O) groups is 3. The number of likely N-dealkylation sites (N-methyl/N-ethyl adjacent to an activating group) is 1. The minimum Gasteiger partial charge on any atom is -0.477 e. The van der Waals surface area contributed by atoms with Crippen LogP contribution in [0, 0.1) is 0 Å². The van der Waals surface area contributed by atoms with Gasteiger partial charge in [0.05, 0.1) is 34.4 Å². The summed E-state index contributed by atoms with van der Waals surface area (Å²) in [5.74, 6) is -1.97. The van der Waals surface area contributed by atoms with E-state index in [9.17, 15) is 19.5 Å². The molecule has 1 N–H and O–H groups in total. The van der Waals surface area contributed by atoms with E-state index in [0.29, 0.717) is 17.4 Å². The zero-order valence-electron chi connectivity index (χ0n) is 64.8. The highest BCUT2D eigenvalue weighted by atomic mass is 16.7. The van der Waals surface area contributed by atoms with Crippen LogP contribution in [0.2, 0.25) is 0 Å². The molecule has 564 valence electrons. The third kappa shape index (κ3) is 78.6. The standard InChI is InChI=1S/C87H163NO8/c1-6-8-10-12-14-16-18-20-22-24-26-28-30-32-34-36-38-39-40-41-42-43-44-45-46-47-48-50-52-54-56-58-60-62-64-66-68-70-72-74-76-78-85(90)96-83(82-95-87(86(91)92)93-80-79-88(3,4)5)81-94-84(89)77-75-73-71-69-67-65-63-61-59-57-55-53-51-49-37-35-33-31-29-27-25-23-21-19-17-15-13-11-9-7-2/h8,10,14,16,20,22,26,28,83,87H,6-7,9,11-13,15,17-19,21,23-25,27,29-82H2,1-5H3/p+1/b10-8-,16-14-,22-20-,28-26-. The molecule has 0 aliphatic heterocycles. The van der Waals surface area contributed by atoms with Gasteiger partial charge in [-0.05, 0) is 51.4 Å². The number of nitrogens with zero attached hydrogens (tertiary/aromatic N) is 1. The first-order valence-corrected chi connectivity index (χ1v) is 42.3. The number of ether oxygens (including phenoxy) is 4. The number of hydrogen-bond acceptors (Lipinski definition) is 7. The molecular weight excluding hydrogens is 1190 g/mol. The Morgan fingerprint density at radius 3 is 0.885 bits per heavy atom. The van der Waals surface area contributed by atoms with E-state index in [1.54, 1.807) is 0 Å². The van der Waals surface area contributed by atoms with Crippen molar-refractivity contribution in [1.29, 1.82) is 0 Å². The maximum atomic E-state index is 13.0. The van der Waals surface area contributed by atoms with E-state index >= 15 is 0 Å². The van der Waals surface area contributed by atoms with E-state index in [1.807, 2.05) is 21.1 Å². The van der Waals surface area contributed by atoms with E-state index in [4.69, 9.17) is 18.9 Å². The summed E-state index contributed by atoms with van der Waals surface area (Å²) in [6.45, 7) is 4.85. The fourth-order valence-electron chi connectivity index (χ4n) is 13.0. The first kappa shape index (κ1) is 93.2. The number of carbonyl (C=O) groups excluding carboxylic acids is 2. The Morgan fingerprint density at radius 1 is 0.323 bits per heavy atom. The van der Waals surface area contributed by atoms with Crippen molar-refractivity contribution in [2.75, 3.05) is 47.5 Å². The number of hydrogen-bond donors (Lipinski definition) is 1. The molecule has 0 fully saturated rings. The molecule has 0 saturated heterocycles. The Labute approximate surface area is 597 Å². The lowest BCUT2D eigenvalue weighted by Gasteiger charge is -2.25. The fourth-order valence-corrected chi connectivity index (χ4v) is 13.0. The molecule has 0 aromatic rings. The average molecular weight is 1350 g/mol. The van der Waals surface area contributed by atoms with Gasteiger partial charge in [0.25, 0.3) is 6.29 Å². The summed E-state index contributed by atoms with van der Waals surface area (Å²) in [6, 6.07) is 0. The molecule has 0 rings (SSSR count). The summed E-state index contributed by atoms with van der Waals surface area (Å²) in [6.07, 6.45) is 100. The molecule has 2 unspecified atom stereocenters. The second kappa shape index (κ2) is 78.0. The lowest BCUT2D eigenvalue weighted by atomic mass is 10.0. The summed E-state index contributed by atoms with van der Waals surface area (Å²) in [5, 5.41) is 9.78. The fraction of sp³-hybridized carbons (Fsp3) is 0.874. The van der Waals surface area contributed by atoms with Crippen molar-refractivity contribution in [3.63, 3.8) is 0 Å². The number of quaternary nitrogens is 1. The third-order valence-corrected chi connectivity index (χ3v) is 19.3. The molecule has 0 amide bonds. The van der Waals surface area contributed by atoms with Crippen molar-refractivity contribution in [3.8, 4) is 0 Å². The SMILES string of the molecule is CC/C=C\C/C=C\C/C=C\C/C=C\CCCCCCCCCCCCCCCCCCCCCCCCCCCCCCC(=O)OC(COC(=O)CCCCCCCCCCCCCCCCCCCCCCCCCCCCCCCC)COC(OCC[N+](C)(C)C)C(=O)O. The van der Waals surface area contributed by atoms with Crippen LogP contribution in [-0.2, 0) is 33.3 Å². The van der Waals surface area contributed by atoms with Gasteiger partial charge in [-0.15, -0.1) is 0 Å². The summed E-state index contributed by atoms with van der Waals surface area (Å²) in [4.78, 5) is 37.8. The second-order valence-corrected chi connectivity index (χ2v) is 30.1. The highest BCUT2D eigenvalue weighted by Crippen LogP contribution is 2.21. The van der Waals surface area contributed by atoms with E-state index < -0.39 is 18.4 Å². The zero-order chi connectivity index (χ0) is 69.7. The summed E-state index contributed by atoms with van der Waals surface area (Å²) < 4.78 is 23.1. The summed E-state index contributed by atoms with van der Waals surface area (Å²) in [5.41, 5.74) is 0.